The quantitative estimate of drug-likeness (QED) is 0.408. The average molecular weight is 357 g/mol. The second-order valence-electron chi connectivity index (χ2n) is 5.93. The third-order valence-corrected chi connectivity index (χ3v) is 4.02. The van der Waals surface area contributed by atoms with Gasteiger partial charge in [-0.15, -0.1) is 0 Å². The SMILES string of the molecule is COCCNc1ccc(C(=O)NC[C@@H](C)c2ccccc2)cc1[N+](=O)[O-]. The molecular formula is C19H23N3O4. The molecule has 0 unspecified atom stereocenters. The first-order valence-corrected chi connectivity index (χ1v) is 8.37. The molecule has 0 spiro atoms. The van der Waals surface area contributed by atoms with Crippen molar-refractivity contribution >= 4 is 17.3 Å². The number of hydrogen-bond donors (Lipinski definition) is 2. The zero-order chi connectivity index (χ0) is 18.9. The lowest BCUT2D eigenvalue weighted by atomic mass is 10.0. The molecule has 0 aliphatic carbocycles. The van der Waals surface area contributed by atoms with E-state index in [-0.39, 0.29) is 23.1 Å². The Morgan fingerprint density at radius 1 is 1.23 bits per heavy atom. The second-order valence-corrected chi connectivity index (χ2v) is 5.93. The first-order valence-electron chi connectivity index (χ1n) is 8.37. The maximum absolute atomic E-state index is 12.4. The maximum Gasteiger partial charge on any atom is 0.293 e. The molecule has 1 amide bonds. The summed E-state index contributed by atoms with van der Waals surface area (Å²) in [7, 11) is 1.56. The number of nitro groups is 1. The van der Waals surface area contributed by atoms with E-state index in [9.17, 15) is 14.9 Å². The van der Waals surface area contributed by atoms with Gasteiger partial charge in [-0.25, -0.2) is 0 Å². The monoisotopic (exact) mass is 357 g/mol. The van der Waals surface area contributed by atoms with Gasteiger partial charge in [-0.3, -0.25) is 14.9 Å². The minimum absolute atomic E-state index is 0.134. The summed E-state index contributed by atoms with van der Waals surface area (Å²) in [5, 5.41) is 17.1. The number of nitrogens with zero attached hydrogens (tertiary/aromatic N) is 1. The van der Waals surface area contributed by atoms with Gasteiger partial charge in [0.05, 0.1) is 11.5 Å². The minimum atomic E-state index is -0.501. The van der Waals surface area contributed by atoms with Gasteiger partial charge in [0.25, 0.3) is 11.6 Å². The van der Waals surface area contributed by atoms with Crippen LogP contribution in [0.5, 0.6) is 0 Å². The van der Waals surface area contributed by atoms with Crippen LogP contribution in [0.1, 0.15) is 28.8 Å². The summed E-state index contributed by atoms with van der Waals surface area (Å²) in [6.45, 7) is 3.33. The van der Waals surface area contributed by atoms with Gasteiger partial charge in [0.2, 0.25) is 0 Å². The smallest absolute Gasteiger partial charge is 0.293 e. The number of nitro benzene ring substituents is 1. The highest BCUT2D eigenvalue weighted by molar-refractivity contribution is 5.95. The zero-order valence-electron chi connectivity index (χ0n) is 14.9. The Bertz CT molecular complexity index is 750. The Labute approximate surface area is 152 Å². The molecule has 2 aromatic rings. The molecule has 0 aliphatic heterocycles. The molecule has 2 aromatic carbocycles. The molecule has 1 atom stereocenters. The van der Waals surface area contributed by atoms with Crippen molar-refractivity contribution in [2.45, 2.75) is 12.8 Å². The van der Waals surface area contributed by atoms with Gasteiger partial charge >= 0.3 is 0 Å². The number of rotatable bonds is 9. The van der Waals surface area contributed by atoms with E-state index in [0.717, 1.165) is 5.56 Å². The molecule has 0 aliphatic rings. The number of nitrogens with one attached hydrogen (secondary N) is 2. The third-order valence-electron chi connectivity index (χ3n) is 4.02. The Balaban J connectivity index is 2.04. The van der Waals surface area contributed by atoms with Gasteiger partial charge in [-0.1, -0.05) is 37.3 Å². The summed E-state index contributed by atoms with van der Waals surface area (Å²) in [6.07, 6.45) is 0. The van der Waals surface area contributed by atoms with E-state index in [1.807, 2.05) is 37.3 Å². The molecule has 0 bridgehead atoms. The molecule has 138 valence electrons. The van der Waals surface area contributed by atoms with Crippen LogP contribution in [0.15, 0.2) is 48.5 Å². The maximum atomic E-state index is 12.4. The number of amides is 1. The van der Waals surface area contributed by atoms with Crippen molar-refractivity contribution in [3.8, 4) is 0 Å². The number of methoxy groups -OCH3 is 1. The highest BCUT2D eigenvalue weighted by atomic mass is 16.6. The number of carbonyl (C=O) groups excluding carboxylic acids is 1. The summed E-state index contributed by atoms with van der Waals surface area (Å²) < 4.78 is 4.92. The lowest BCUT2D eigenvalue weighted by Gasteiger charge is -2.13. The standard InChI is InChI=1S/C19H23N3O4/c1-14(15-6-4-3-5-7-15)13-21-19(23)16-8-9-17(20-10-11-26-2)18(12-16)22(24)25/h3-9,12,14,20H,10-11,13H2,1-2H3,(H,21,23)/t14-/m1/s1. The number of carbonyl (C=O) groups is 1. The van der Waals surface area contributed by atoms with E-state index in [2.05, 4.69) is 10.6 Å². The van der Waals surface area contributed by atoms with Crippen molar-refractivity contribution in [1.29, 1.82) is 0 Å². The van der Waals surface area contributed by atoms with Crippen LogP contribution in [-0.4, -0.2) is 37.6 Å². The number of benzene rings is 2. The number of anilines is 1. The lowest BCUT2D eigenvalue weighted by molar-refractivity contribution is -0.384. The lowest BCUT2D eigenvalue weighted by Crippen LogP contribution is -2.27. The first kappa shape index (κ1) is 19.4. The van der Waals surface area contributed by atoms with Crippen molar-refractivity contribution < 1.29 is 14.5 Å². The minimum Gasteiger partial charge on any atom is -0.383 e. The molecule has 0 aromatic heterocycles. The third kappa shape index (κ3) is 5.29. The fourth-order valence-corrected chi connectivity index (χ4v) is 2.51. The van der Waals surface area contributed by atoms with Crippen LogP contribution in [0.2, 0.25) is 0 Å². The summed E-state index contributed by atoms with van der Waals surface area (Å²) in [6, 6.07) is 14.3. The van der Waals surface area contributed by atoms with E-state index in [0.29, 0.717) is 25.4 Å². The fourth-order valence-electron chi connectivity index (χ4n) is 2.51. The van der Waals surface area contributed by atoms with Gasteiger partial charge < -0.3 is 15.4 Å². The summed E-state index contributed by atoms with van der Waals surface area (Å²) in [5.41, 5.74) is 1.61. The molecule has 7 nitrogen and oxygen atoms in total. The summed E-state index contributed by atoms with van der Waals surface area (Å²) >= 11 is 0. The van der Waals surface area contributed by atoms with Crippen LogP contribution in [0, 0.1) is 10.1 Å². The van der Waals surface area contributed by atoms with Crippen molar-refractivity contribution in [2.24, 2.45) is 0 Å². The largest absolute Gasteiger partial charge is 0.383 e. The molecule has 7 heteroatoms. The molecule has 0 saturated carbocycles. The van der Waals surface area contributed by atoms with E-state index >= 15 is 0 Å². The van der Waals surface area contributed by atoms with Crippen LogP contribution >= 0.6 is 0 Å². The molecule has 2 rings (SSSR count). The molecule has 0 radical (unpaired) electrons. The molecule has 0 heterocycles. The van der Waals surface area contributed by atoms with Crippen LogP contribution in [0.25, 0.3) is 0 Å². The van der Waals surface area contributed by atoms with Crippen LogP contribution in [0.4, 0.5) is 11.4 Å². The van der Waals surface area contributed by atoms with E-state index < -0.39 is 4.92 Å². The van der Waals surface area contributed by atoms with Gasteiger partial charge in [0.1, 0.15) is 5.69 Å². The normalized spacial score (nSPS) is 11.6. The Kier molecular flexibility index (Phi) is 7.11. The summed E-state index contributed by atoms with van der Waals surface area (Å²) in [5.74, 6) is -0.190. The topological polar surface area (TPSA) is 93.5 Å². The Hall–Kier alpha value is -2.93. The highest BCUT2D eigenvalue weighted by Crippen LogP contribution is 2.25. The predicted octanol–water partition coefficient (Wildman–Crippen LogP) is 3.19. The zero-order valence-corrected chi connectivity index (χ0v) is 14.9. The Morgan fingerprint density at radius 2 is 1.96 bits per heavy atom. The van der Waals surface area contributed by atoms with Crippen molar-refractivity contribution in [3.05, 3.63) is 69.8 Å². The van der Waals surface area contributed by atoms with Crippen molar-refractivity contribution in [3.63, 3.8) is 0 Å². The molecular weight excluding hydrogens is 334 g/mol. The second kappa shape index (κ2) is 9.53. The van der Waals surface area contributed by atoms with Crippen LogP contribution in [0.3, 0.4) is 0 Å². The summed E-state index contributed by atoms with van der Waals surface area (Å²) in [4.78, 5) is 23.1. The van der Waals surface area contributed by atoms with Crippen LogP contribution in [-0.2, 0) is 4.74 Å². The number of ether oxygens (including phenoxy) is 1. The van der Waals surface area contributed by atoms with Gasteiger partial charge in [-0.2, -0.15) is 0 Å². The predicted molar refractivity (Wildman–Crippen MR) is 101 cm³/mol. The average Bonchev–Trinajstić information content (AvgIpc) is 2.66. The molecule has 0 saturated heterocycles. The van der Waals surface area contributed by atoms with Gasteiger partial charge in [-0.05, 0) is 23.6 Å². The van der Waals surface area contributed by atoms with Gasteiger partial charge in [0, 0.05) is 31.8 Å². The first-order chi connectivity index (χ1) is 12.5. The molecule has 2 N–H and O–H groups in total. The van der Waals surface area contributed by atoms with E-state index in [1.165, 1.54) is 6.07 Å². The van der Waals surface area contributed by atoms with E-state index in [1.54, 1.807) is 19.2 Å². The fraction of sp³-hybridized carbons (Fsp3) is 0.316. The van der Waals surface area contributed by atoms with E-state index in [4.69, 9.17) is 4.74 Å². The number of hydrogen-bond acceptors (Lipinski definition) is 5. The van der Waals surface area contributed by atoms with Crippen molar-refractivity contribution in [2.75, 3.05) is 32.1 Å². The highest BCUT2D eigenvalue weighted by Gasteiger charge is 2.18. The molecule has 0 fully saturated rings. The van der Waals surface area contributed by atoms with Gasteiger partial charge in [0.15, 0.2) is 0 Å². The van der Waals surface area contributed by atoms with Crippen molar-refractivity contribution in [1.82, 2.24) is 5.32 Å². The van der Waals surface area contributed by atoms with Crippen LogP contribution < -0.4 is 10.6 Å². The Morgan fingerprint density at radius 3 is 2.62 bits per heavy atom. The molecule has 26 heavy (non-hydrogen) atoms.